The number of carbonyl (C=O) groups is 4. The van der Waals surface area contributed by atoms with Crippen LogP contribution in [0.4, 0.5) is 57.7 Å². The second kappa shape index (κ2) is 36.7. The van der Waals surface area contributed by atoms with Crippen molar-refractivity contribution in [3.05, 3.63) is 324 Å². The van der Waals surface area contributed by atoms with Crippen molar-refractivity contribution in [1.82, 2.24) is 39.1 Å². The van der Waals surface area contributed by atoms with E-state index in [2.05, 4.69) is 71.0 Å². The number of amidine groups is 2. The summed E-state index contributed by atoms with van der Waals surface area (Å²) in [5, 5.41) is 23.8. The zero-order chi connectivity index (χ0) is 93.9. The van der Waals surface area contributed by atoms with Crippen LogP contribution in [0.3, 0.4) is 0 Å². The number of carbonyl (C=O) groups excluding carboxylic acids is 4. The molecule has 2 aliphatic rings. The van der Waals surface area contributed by atoms with Crippen molar-refractivity contribution in [2.45, 2.75) is 60.4 Å². The maximum Gasteiger partial charge on any atom is 0.284 e. The van der Waals surface area contributed by atoms with E-state index in [1.54, 1.807) is 135 Å². The van der Waals surface area contributed by atoms with Crippen LogP contribution in [0, 0.1) is 27.7 Å². The Labute approximate surface area is 746 Å². The minimum Gasteiger partial charge on any atom is -0.383 e. The summed E-state index contributed by atoms with van der Waals surface area (Å²) in [6.07, 6.45) is 0. The van der Waals surface area contributed by atoms with E-state index in [0.717, 1.165) is 22.3 Å². The van der Waals surface area contributed by atoms with Crippen molar-refractivity contribution >= 4 is 178 Å². The predicted molar refractivity (Wildman–Crippen MR) is 496 cm³/mol. The van der Waals surface area contributed by atoms with Crippen molar-refractivity contribution < 1.29 is 52.8 Å². The molecular weight excluding hydrogens is 1800 g/mol. The zero-order valence-corrected chi connectivity index (χ0v) is 72.9. The standard InChI is InChI=1S/C21H21N7O4S.C21H20N6O4S.C20H18ClN7O4S.C20H17ClN6O4S/c1-11-3-7-13(8-4-11)24-20(29)16-17-15(18(22)26-25-17)21(30)28(19(16)23)27-33(31,32)14-9-5-12(2)6-10-14;1-12-7-9-13(10-8-12)25-20(28)17-15-11-24-18(22)16(15)21(29)27(19(17)23)26-32(30,31)14-5-3-2-4-6-14;1-10-2-8-13(9-3-10)33(31,32)27-28-18(23)15(16-14(20(28)30)17(22)26-25-16)19(29)24-12-6-4-11(21)5-7-12;21-11-6-8-12(9-7-11)25-19(28)16-14-10-24-17(22)15(14)20(29)27(18(16)23)26-32(30,31)13-4-2-1-3-5-13/h3-10,27H,23H2,1-2H3,(H,24,29)(H3,22,25,26);2-10,26H,11,23H2,1H3,(H2,22,24)(H,25,28);2-9,27H,23H2,1H3,(H,24,29)(H3,22,25,26);1-9,26H,10,23H2,(H2,22,24)(H,25,28). The number of amides is 4. The summed E-state index contributed by atoms with van der Waals surface area (Å²) in [6.45, 7) is 7.34. The normalized spacial score (nSPS) is 12.1. The number of benzene rings is 8. The molecule has 0 saturated heterocycles. The Morgan fingerprint density at radius 1 is 0.331 bits per heavy atom. The zero-order valence-electron chi connectivity index (χ0n) is 68.2. The third-order valence-electron chi connectivity index (χ3n) is 19.6. The van der Waals surface area contributed by atoms with E-state index in [1.165, 1.54) is 72.8 Å². The minimum atomic E-state index is -4.23. The maximum absolute atomic E-state index is 13.1. The number of sulfonamides is 4. The first-order chi connectivity index (χ1) is 61.5. The first kappa shape index (κ1) is 91.4. The second-order valence-electron chi connectivity index (χ2n) is 28.6. The average Bonchev–Trinajstić information content (AvgIpc) is 1.74. The summed E-state index contributed by atoms with van der Waals surface area (Å²) in [7, 11) is -16.8. The SMILES string of the molecule is Cc1ccc(NC(=O)c2c(N)n(NS(=O)(=O)c3ccc(C)cc3)c(=O)c3c(N)n[nH]c23)cc1.Cc1ccc(NC(=O)c2c3c(c(=O)n(NS(=O)(=O)c4ccccc4)c2N)C(N)=NC3)cc1.Cc1ccc(S(=O)(=O)Nn2c(N)c(C(=O)Nc3ccc(Cl)cc3)c3[nH]nc(N)c3c2=O)cc1.NC1=NCc2c(C(=O)Nc3ccc(Cl)cc3)c(N)n(NS(=O)(=O)c3ccccc3)c(=O)c21. The third kappa shape index (κ3) is 19.1. The quantitative estimate of drug-likeness (QED) is 0.0395. The lowest BCUT2D eigenvalue weighted by molar-refractivity contribution is 0.101. The molecule has 0 spiro atoms. The number of hydrogen-bond donors (Lipinski definition) is 18. The molecule has 8 aromatic carbocycles. The summed E-state index contributed by atoms with van der Waals surface area (Å²) >= 11 is 11.7. The molecule has 130 heavy (non-hydrogen) atoms. The summed E-state index contributed by atoms with van der Waals surface area (Å²) in [5.41, 5.74) is 49.6. The number of anilines is 10. The van der Waals surface area contributed by atoms with Gasteiger partial charge in [0.2, 0.25) is 0 Å². The van der Waals surface area contributed by atoms with Crippen LogP contribution < -0.4 is 109 Å². The van der Waals surface area contributed by atoms with E-state index in [9.17, 15) is 72.0 Å². The molecule has 48 heteroatoms. The number of nitrogens with two attached hydrogens (primary N) is 8. The van der Waals surface area contributed by atoms with Gasteiger partial charge in [-0.3, -0.25) is 58.5 Å². The van der Waals surface area contributed by atoms with Gasteiger partial charge in [-0.15, -0.1) is 0 Å². The lowest BCUT2D eigenvalue weighted by Gasteiger charge is -2.18. The lowest BCUT2D eigenvalue weighted by Crippen LogP contribution is -2.40. The molecule has 0 radical (unpaired) electrons. The molecule has 42 nitrogen and oxygen atoms in total. The van der Waals surface area contributed by atoms with Gasteiger partial charge in [-0.2, -0.15) is 62.6 Å². The first-order valence-electron chi connectivity index (χ1n) is 37.9. The van der Waals surface area contributed by atoms with Gasteiger partial charge in [0.05, 0.1) is 66.0 Å². The van der Waals surface area contributed by atoms with Gasteiger partial charge in [0.1, 0.15) is 56.8 Å². The number of nitrogens with zero attached hydrogens (tertiary/aromatic N) is 8. The highest BCUT2D eigenvalue weighted by molar-refractivity contribution is 7.93. The number of fused-ring (bicyclic) bond motifs is 4. The molecule has 6 aromatic heterocycles. The van der Waals surface area contributed by atoms with E-state index in [1.807, 2.05) is 26.0 Å². The van der Waals surface area contributed by atoms with Crippen LogP contribution >= 0.6 is 23.2 Å². The number of hydrogen-bond acceptors (Lipinski definition) is 28. The van der Waals surface area contributed by atoms with Gasteiger partial charge < -0.3 is 67.1 Å². The maximum atomic E-state index is 13.1. The highest BCUT2D eigenvalue weighted by atomic mass is 35.5. The molecule has 4 amide bonds. The van der Waals surface area contributed by atoms with Gasteiger partial charge >= 0.3 is 0 Å². The van der Waals surface area contributed by atoms with Gasteiger partial charge in [0.15, 0.2) is 11.6 Å². The van der Waals surface area contributed by atoms with Gasteiger partial charge in [-0.1, -0.05) is 130 Å². The Morgan fingerprint density at radius 2 is 0.569 bits per heavy atom. The number of aromatic amines is 2. The number of nitrogens with one attached hydrogen (secondary N) is 10. The van der Waals surface area contributed by atoms with Crippen LogP contribution in [-0.4, -0.2) is 108 Å². The Hall–Kier alpha value is -16.3. The van der Waals surface area contributed by atoms with Crippen LogP contribution in [0.1, 0.15) is 85.9 Å². The Bertz CT molecular complexity index is 7280. The molecule has 668 valence electrons. The molecule has 2 aliphatic heterocycles. The predicted octanol–water partition coefficient (Wildman–Crippen LogP) is 6.36. The van der Waals surface area contributed by atoms with Crippen molar-refractivity contribution in [1.29, 1.82) is 0 Å². The first-order valence-corrected chi connectivity index (χ1v) is 44.6. The molecule has 0 unspecified atom stereocenters. The molecule has 0 bridgehead atoms. The third-order valence-corrected chi connectivity index (χ3v) is 25.4. The van der Waals surface area contributed by atoms with E-state index in [0.29, 0.717) is 51.5 Å². The number of H-pyrrole nitrogens is 2. The summed E-state index contributed by atoms with van der Waals surface area (Å²) in [5.74, 6) is -5.01. The number of aliphatic imine (C=N–C) groups is 2. The number of aromatic nitrogens is 8. The molecule has 26 N–H and O–H groups in total. The fraction of sp³-hybridized carbons (Fsp3) is 0.0732. The summed E-state index contributed by atoms with van der Waals surface area (Å²) < 4.78 is 105. The van der Waals surface area contributed by atoms with Crippen molar-refractivity contribution in [2.75, 3.05) is 75.0 Å². The monoisotopic (exact) mass is 1880 g/mol. The molecule has 0 saturated carbocycles. The number of rotatable bonds is 20. The van der Waals surface area contributed by atoms with Gasteiger partial charge in [-0.05, 0) is 149 Å². The van der Waals surface area contributed by atoms with E-state index in [4.69, 9.17) is 69.1 Å². The van der Waals surface area contributed by atoms with Crippen LogP contribution in [0.15, 0.2) is 255 Å². The van der Waals surface area contributed by atoms with Crippen LogP contribution in [-0.2, 0) is 53.2 Å². The number of aryl methyl sites for hydroxylation is 4. The highest BCUT2D eigenvalue weighted by Crippen LogP contribution is 2.32. The van der Waals surface area contributed by atoms with Crippen molar-refractivity contribution in [3.63, 3.8) is 0 Å². The number of pyridine rings is 4. The molecular formula is C82H76Cl2N26O16S4. The Kier molecular flexibility index (Phi) is 25.8. The molecule has 16 rings (SSSR count). The van der Waals surface area contributed by atoms with Crippen molar-refractivity contribution in [2.24, 2.45) is 21.5 Å². The average molecular weight is 1880 g/mol. The molecule has 14 aromatic rings. The summed E-state index contributed by atoms with van der Waals surface area (Å²) in [4.78, 5) is 121. The highest BCUT2D eigenvalue weighted by Gasteiger charge is 2.35. The van der Waals surface area contributed by atoms with Gasteiger partial charge in [0, 0.05) is 43.9 Å². The van der Waals surface area contributed by atoms with E-state index < -0.39 is 103 Å². The van der Waals surface area contributed by atoms with E-state index >= 15 is 0 Å². The largest absolute Gasteiger partial charge is 0.383 e. The molecule has 0 atom stereocenters. The fourth-order valence-electron chi connectivity index (χ4n) is 13.0. The molecule has 8 heterocycles. The van der Waals surface area contributed by atoms with E-state index in [-0.39, 0.29) is 128 Å². The Morgan fingerprint density at radius 3 is 0.854 bits per heavy atom. The van der Waals surface area contributed by atoms with Crippen LogP contribution in [0.25, 0.3) is 21.8 Å². The van der Waals surface area contributed by atoms with Gasteiger partial charge in [0.25, 0.3) is 86.0 Å². The lowest BCUT2D eigenvalue weighted by atomic mass is 10.0. The van der Waals surface area contributed by atoms with Gasteiger partial charge in [-0.25, -0.2) is 19.3 Å². The molecule has 0 fully saturated rings. The fourth-order valence-corrected chi connectivity index (χ4v) is 17.4. The molecule has 0 aliphatic carbocycles. The number of halogens is 2. The Balaban J connectivity index is 0.000000148. The second-order valence-corrected chi connectivity index (χ2v) is 36.1. The topological polar surface area (TPSA) is 679 Å². The van der Waals surface area contributed by atoms with Crippen LogP contribution in [0.2, 0.25) is 10.0 Å². The van der Waals surface area contributed by atoms with Crippen molar-refractivity contribution in [3.8, 4) is 0 Å². The summed E-state index contributed by atoms with van der Waals surface area (Å²) in [6, 6.07) is 53.4. The minimum absolute atomic E-state index is 0.00889. The number of nitrogen functional groups attached to an aromatic ring is 6. The smallest absolute Gasteiger partial charge is 0.284 e. The van der Waals surface area contributed by atoms with Crippen LogP contribution in [0.5, 0.6) is 0 Å².